The third-order valence-electron chi connectivity index (χ3n) is 3.66. The van der Waals surface area contributed by atoms with Crippen molar-refractivity contribution in [2.24, 2.45) is 0 Å². The lowest BCUT2D eigenvalue weighted by Crippen LogP contribution is -2.47. The van der Waals surface area contributed by atoms with Gasteiger partial charge in [-0.1, -0.05) is 18.2 Å². The minimum absolute atomic E-state index is 0.0484. The number of para-hydroxylation sites is 1. The first-order valence-electron chi connectivity index (χ1n) is 6.71. The Balaban J connectivity index is 2.07. The van der Waals surface area contributed by atoms with Crippen molar-refractivity contribution in [1.82, 2.24) is 5.32 Å². The molecule has 2 atom stereocenters. The maximum absolute atomic E-state index is 12.2. The topological polar surface area (TPSA) is 41.1 Å². The molecular formula is C15H22N2O. The molecule has 3 heteroatoms. The van der Waals surface area contributed by atoms with Gasteiger partial charge in [0.05, 0.1) is 6.04 Å². The third kappa shape index (κ3) is 2.91. The van der Waals surface area contributed by atoms with Crippen molar-refractivity contribution in [3.63, 3.8) is 0 Å². The molecule has 1 aromatic rings. The minimum Gasteiger partial charge on any atom is -0.324 e. The van der Waals surface area contributed by atoms with Crippen LogP contribution in [-0.2, 0) is 4.79 Å². The first-order valence-corrected chi connectivity index (χ1v) is 6.71. The van der Waals surface area contributed by atoms with Crippen LogP contribution in [0, 0.1) is 13.8 Å². The van der Waals surface area contributed by atoms with Crippen molar-refractivity contribution in [2.45, 2.75) is 52.1 Å². The standard InChI is InChI=1S/C15H22N2O/c1-10-6-4-7-11(2)14(10)17-15(18)13-9-5-8-12(3)16-13/h4,6-7,12-13,16H,5,8-9H2,1-3H3,(H,17,18)/t12-,13+/m0/s1. The van der Waals surface area contributed by atoms with Gasteiger partial charge in [0.25, 0.3) is 0 Å². The third-order valence-corrected chi connectivity index (χ3v) is 3.66. The summed E-state index contributed by atoms with van der Waals surface area (Å²) >= 11 is 0. The van der Waals surface area contributed by atoms with Crippen LogP contribution in [0.25, 0.3) is 0 Å². The van der Waals surface area contributed by atoms with Crippen LogP contribution in [0.5, 0.6) is 0 Å². The molecule has 0 saturated carbocycles. The lowest BCUT2D eigenvalue weighted by atomic mass is 9.98. The van der Waals surface area contributed by atoms with Gasteiger partial charge in [-0.15, -0.1) is 0 Å². The molecule has 0 spiro atoms. The number of carbonyl (C=O) groups is 1. The van der Waals surface area contributed by atoms with Gasteiger partial charge in [0.2, 0.25) is 5.91 Å². The SMILES string of the molecule is Cc1cccc(C)c1NC(=O)[C@H]1CCC[C@H](C)N1. The van der Waals surface area contributed by atoms with Crippen LogP contribution in [-0.4, -0.2) is 18.0 Å². The highest BCUT2D eigenvalue weighted by Gasteiger charge is 2.24. The maximum atomic E-state index is 12.2. The fraction of sp³-hybridized carbons (Fsp3) is 0.533. The average Bonchev–Trinajstić information content (AvgIpc) is 2.34. The Morgan fingerprint density at radius 3 is 2.56 bits per heavy atom. The van der Waals surface area contributed by atoms with Gasteiger partial charge in [-0.3, -0.25) is 4.79 Å². The molecule has 1 heterocycles. The second-order valence-electron chi connectivity index (χ2n) is 5.31. The van der Waals surface area contributed by atoms with E-state index in [2.05, 4.69) is 17.6 Å². The van der Waals surface area contributed by atoms with Gasteiger partial charge in [-0.25, -0.2) is 0 Å². The van der Waals surface area contributed by atoms with E-state index in [9.17, 15) is 4.79 Å². The van der Waals surface area contributed by atoms with Gasteiger partial charge in [-0.2, -0.15) is 0 Å². The highest BCUT2D eigenvalue weighted by molar-refractivity contribution is 5.96. The predicted molar refractivity (Wildman–Crippen MR) is 74.8 cm³/mol. The van der Waals surface area contributed by atoms with E-state index in [0.29, 0.717) is 6.04 Å². The summed E-state index contributed by atoms with van der Waals surface area (Å²) in [6, 6.07) is 6.46. The van der Waals surface area contributed by atoms with Crippen molar-refractivity contribution in [2.75, 3.05) is 5.32 Å². The molecule has 1 aliphatic rings. The van der Waals surface area contributed by atoms with Gasteiger partial charge in [0.15, 0.2) is 0 Å². The fourth-order valence-corrected chi connectivity index (χ4v) is 2.57. The number of benzene rings is 1. The number of rotatable bonds is 2. The summed E-state index contributed by atoms with van der Waals surface area (Å²) in [5.74, 6) is 0.0963. The predicted octanol–water partition coefficient (Wildman–Crippen LogP) is 2.77. The van der Waals surface area contributed by atoms with Crippen LogP contribution in [0.3, 0.4) is 0 Å². The highest BCUT2D eigenvalue weighted by Crippen LogP contribution is 2.21. The molecular weight excluding hydrogens is 224 g/mol. The molecule has 0 radical (unpaired) electrons. The van der Waals surface area contributed by atoms with Crippen LogP contribution < -0.4 is 10.6 Å². The summed E-state index contributed by atoms with van der Waals surface area (Å²) in [5, 5.41) is 6.43. The quantitative estimate of drug-likeness (QED) is 0.842. The number of carbonyl (C=O) groups excluding carboxylic acids is 1. The zero-order valence-electron chi connectivity index (χ0n) is 11.4. The molecule has 2 N–H and O–H groups in total. The Hall–Kier alpha value is -1.35. The van der Waals surface area contributed by atoms with Gasteiger partial charge in [-0.05, 0) is 51.2 Å². The number of anilines is 1. The highest BCUT2D eigenvalue weighted by atomic mass is 16.2. The molecule has 1 amide bonds. The van der Waals surface area contributed by atoms with Crippen molar-refractivity contribution >= 4 is 11.6 Å². The van der Waals surface area contributed by atoms with Crippen molar-refractivity contribution < 1.29 is 4.79 Å². The summed E-state index contributed by atoms with van der Waals surface area (Å²) in [6.45, 7) is 6.19. The summed E-state index contributed by atoms with van der Waals surface area (Å²) in [5.41, 5.74) is 3.20. The lowest BCUT2D eigenvalue weighted by molar-refractivity contribution is -0.118. The van der Waals surface area contributed by atoms with E-state index < -0.39 is 0 Å². The molecule has 0 unspecified atom stereocenters. The normalized spacial score (nSPS) is 23.7. The van der Waals surface area contributed by atoms with E-state index in [4.69, 9.17) is 0 Å². The van der Waals surface area contributed by atoms with E-state index >= 15 is 0 Å². The van der Waals surface area contributed by atoms with Gasteiger partial charge >= 0.3 is 0 Å². The second kappa shape index (κ2) is 5.53. The Kier molecular flexibility index (Phi) is 4.02. The molecule has 1 fully saturated rings. The molecule has 1 saturated heterocycles. The molecule has 1 aromatic carbocycles. The van der Waals surface area contributed by atoms with Gasteiger partial charge in [0.1, 0.15) is 0 Å². The zero-order valence-corrected chi connectivity index (χ0v) is 11.4. The molecule has 0 aromatic heterocycles. The van der Waals surface area contributed by atoms with Gasteiger partial charge in [0, 0.05) is 11.7 Å². The van der Waals surface area contributed by atoms with E-state index in [0.717, 1.165) is 36.1 Å². The summed E-state index contributed by atoms with van der Waals surface area (Å²) in [7, 11) is 0. The maximum Gasteiger partial charge on any atom is 0.241 e. The van der Waals surface area contributed by atoms with Crippen LogP contribution in [0.2, 0.25) is 0 Å². The second-order valence-corrected chi connectivity index (χ2v) is 5.31. The Labute approximate surface area is 109 Å². The Morgan fingerprint density at radius 1 is 1.28 bits per heavy atom. The molecule has 0 aliphatic carbocycles. The van der Waals surface area contributed by atoms with Crippen molar-refractivity contribution in [1.29, 1.82) is 0 Å². The molecule has 18 heavy (non-hydrogen) atoms. The van der Waals surface area contributed by atoms with Crippen molar-refractivity contribution in [3.05, 3.63) is 29.3 Å². The van der Waals surface area contributed by atoms with E-state index in [-0.39, 0.29) is 11.9 Å². The number of amides is 1. The number of hydrogen-bond donors (Lipinski definition) is 2. The molecule has 3 nitrogen and oxygen atoms in total. The minimum atomic E-state index is -0.0484. The van der Waals surface area contributed by atoms with Gasteiger partial charge < -0.3 is 10.6 Å². The number of hydrogen-bond acceptors (Lipinski definition) is 2. The van der Waals surface area contributed by atoms with E-state index in [1.165, 1.54) is 0 Å². The van der Waals surface area contributed by atoms with Crippen LogP contribution >= 0.6 is 0 Å². The molecule has 2 rings (SSSR count). The number of nitrogens with one attached hydrogen (secondary N) is 2. The monoisotopic (exact) mass is 246 g/mol. The Bertz CT molecular complexity index is 422. The van der Waals surface area contributed by atoms with Crippen LogP contribution in [0.15, 0.2) is 18.2 Å². The first kappa shape index (κ1) is 13.1. The number of piperidine rings is 1. The summed E-state index contributed by atoms with van der Waals surface area (Å²) in [4.78, 5) is 12.2. The Morgan fingerprint density at radius 2 is 1.94 bits per heavy atom. The van der Waals surface area contributed by atoms with Crippen LogP contribution in [0.1, 0.15) is 37.3 Å². The molecule has 1 aliphatic heterocycles. The van der Waals surface area contributed by atoms with Crippen molar-refractivity contribution in [3.8, 4) is 0 Å². The largest absolute Gasteiger partial charge is 0.324 e. The fourth-order valence-electron chi connectivity index (χ4n) is 2.57. The van der Waals surface area contributed by atoms with E-state index in [1.54, 1.807) is 0 Å². The number of aryl methyl sites for hydroxylation is 2. The summed E-state index contributed by atoms with van der Waals surface area (Å²) in [6.07, 6.45) is 3.22. The zero-order chi connectivity index (χ0) is 13.1. The first-order chi connectivity index (χ1) is 8.58. The van der Waals surface area contributed by atoms with E-state index in [1.807, 2.05) is 32.0 Å². The lowest BCUT2D eigenvalue weighted by Gasteiger charge is -2.28. The average molecular weight is 246 g/mol. The molecule has 98 valence electrons. The van der Waals surface area contributed by atoms with Crippen LogP contribution in [0.4, 0.5) is 5.69 Å². The summed E-state index contributed by atoms with van der Waals surface area (Å²) < 4.78 is 0. The smallest absolute Gasteiger partial charge is 0.241 e. The molecule has 0 bridgehead atoms.